The molecule has 1 aromatic rings. The lowest BCUT2D eigenvalue weighted by Gasteiger charge is -2.46. The number of carbonyl (C=O) groups is 2. The van der Waals surface area contributed by atoms with Crippen molar-refractivity contribution in [3.63, 3.8) is 0 Å². The van der Waals surface area contributed by atoms with E-state index in [2.05, 4.69) is 0 Å². The van der Waals surface area contributed by atoms with Gasteiger partial charge in [0.1, 0.15) is 0 Å². The first-order valence-corrected chi connectivity index (χ1v) is 7.63. The molecule has 1 saturated carbocycles. The van der Waals surface area contributed by atoms with Crippen LogP contribution in [0, 0.1) is 0 Å². The summed E-state index contributed by atoms with van der Waals surface area (Å²) in [6.45, 7) is 1.41. The second-order valence-electron chi connectivity index (χ2n) is 6.22. The highest BCUT2D eigenvalue weighted by atomic mass is 16.7. The number of aliphatic hydroxyl groups excluding tert-OH is 2. The average Bonchev–Trinajstić information content (AvgIpc) is 2.96. The molecule has 1 fully saturated rings. The molecular formula is C16H17NO6. The maximum atomic E-state index is 12.8. The standard InChI is InChI=1S/C16H17NO6/c1-7(18)17-10-2-3-11(19)15(20)14(10)8-4-12-13(23-6-22-12)5-9(8)16(17)21/h4-5,10-11,14-15,19-20H,2-3,6H2,1H3/t10-,11+,14+,15-/m0/s1. The Labute approximate surface area is 132 Å². The van der Waals surface area contributed by atoms with Crippen molar-refractivity contribution in [3.05, 3.63) is 23.3 Å². The number of imide groups is 1. The highest BCUT2D eigenvalue weighted by molar-refractivity contribution is 6.07. The summed E-state index contributed by atoms with van der Waals surface area (Å²) in [7, 11) is 0. The Hall–Kier alpha value is -2.12. The van der Waals surface area contributed by atoms with Crippen LogP contribution in [0.3, 0.4) is 0 Å². The molecule has 122 valence electrons. The summed E-state index contributed by atoms with van der Waals surface area (Å²) < 4.78 is 10.7. The number of hydrogen-bond donors (Lipinski definition) is 2. The third-order valence-corrected chi connectivity index (χ3v) is 4.96. The first kappa shape index (κ1) is 14.5. The van der Waals surface area contributed by atoms with Gasteiger partial charge in [0.15, 0.2) is 11.5 Å². The third-order valence-electron chi connectivity index (χ3n) is 4.96. The molecule has 2 N–H and O–H groups in total. The van der Waals surface area contributed by atoms with Crippen molar-refractivity contribution in [2.45, 2.75) is 43.9 Å². The molecule has 1 aliphatic carbocycles. The van der Waals surface area contributed by atoms with Crippen molar-refractivity contribution in [3.8, 4) is 11.5 Å². The van der Waals surface area contributed by atoms with Crippen molar-refractivity contribution < 1.29 is 29.3 Å². The van der Waals surface area contributed by atoms with E-state index in [1.165, 1.54) is 11.8 Å². The van der Waals surface area contributed by atoms with Crippen LogP contribution in [-0.4, -0.2) is 52.0 Å². The normalized spacial score (nSPS) is 31.6. The average molecular weight is 319 g/mol. The third kappa shape index (κ3) is 1.96. The molecule has 2 amide bonds. The lowest BCUT2D eigenvalue weighted by Crippen LogP contribution is -2.57. The fourth-order valence-corrected chi connectivity index (χ4v) is 3.92. The van der Waals surface area contributed by atoms with Crippen molar-refractivity contribution in [1.29, 1.82) is 0 Å². The van der Waals surface area contributed by atoms with E-state index in [1.54, 1.807) is 12.1 Å². The van der Waals surface area contributed by atoms with Crippen LogP contribution in [0.2, 0.25) is 0 Å². The van der Waals surface area contributed by atoms with Gasteiger partial charge in [-0.2, -0.15) is 0 Å². The number of ether oxygens (including phenoxy) is 2. The molecule has 0 spiro atoms. The van der Waals surface area contributed by atoms with Gasteiger partial charge >= 0.3 is 0 Å². The molecule has 23 heavy (non-hydrogen) atoms. The Morgan fingerprint density at radius 2 is 1.91 bits per heavy atom. The highest BCUT2D eigenvalue weighted by Gasteiger charge is 2.49. The maximum absolute atomic E-state index is 12.8. The molecule has 4 atom stereocenters. The largest absolute Gasteiger partial charge is 0.454 e. The van der Waals surface area contributed by atoms with Crippen LogP contribution in [0.25, 0.3) is 0 Å². The molecule has 2 heterocycles. The molecule has 3 aliphatic rings. The fraction of sp³-hybridized carbons (Fsp3) is 0.500. The van der Waals surface area contributed by atoms with Gasteiger partial charge in [-0.25, -0.2) is 0 Å². The van der Waals surface area contributed by atoms with Crippen LogP contribution >= 0.6 is 0 Å². The maximum Gasteiger partial charge on any atom is 0.261 e. The molecule has 7 nitrogen and oxygen atoms in total. The summed E-state index contributed by atoms with van der Waals surface area (Å²) in [4.78, 5) is 26.0. The number of rotatable bonds is 0. The van der Waals surface area contributed by atoms with Gasteiger partial charge in [0, 0.05) is 24.4 Å². The first-order valence-electron chi connectivity index (χ1n) is 7.63. The second-order valence-corrected chi connectivity index (χ2v) is 6.22. The fourth-order valence-electron chi connectivity index (χ4n) is 3.92. The van der Waals surface area contributed by atoms with E-state index >= 15 is 0 Å². The zero-order valence-corrected chi connectivity index (χ0v) is 12.6. The summed E-state index contributed by atoms with van der Waals surface area (Å²) in [5.41, 5.74) is 0.923. The van der Waals surface area contributed by atoms with Crippen LogP contribution in [0.4, 0.5) is 0 Å². The second kappa shape index (κ2) is 4.94. The molecule has 2 aliphatic heterocycles. The van der Waals surface area contributed by atoms with Gasteiger partial charge in [-0.3, -0.25) is 14.5 Å². The van der Waals surface area contributed by atoms with Crippen molar-refractivity contribution in [1.82, 2.24) is 4.90 Å². The Balaban J connectivity index is 1.91. The smallest absolute Gasteiger partial charge is 0.261 e. The molecule has 7 heteroatoms. The van der Waals surface area contributed by atoms with E-state index in [0.29, 0.717) is 35.5 Å². The zero-order chi connectivity index (χ0) is 16.3. The summed E-state index contributed by atoms with van der Waals surface area (Å²) in [5, 5.41) is 20.5. The SMILES string of the molecule is CC(=O)N1C(=O)c2cc3c(cc2[C@H]2[C@@H](O)[C@H](O)CC[C@@H]21)OCO3. The van der Waals surface area contributed by atoms with E-state index in [1.807, 2.05) is 0 Å². The van der Waals surface area contributed by atoms with E-state index in [4.69, 9.17) is 9.47 Å². The molecule has 0 bridgehead atoms. The van der Waals surface area contributed by atoms with E-state index in [-0.39, 0.29) is 12.7 Å². The van der Waals surface area contributed by atoms with E-state index in [9.17, 15) is 19.8 Å². The molecule has 0 radical (unpaired) electrons. The number of benzene rings is 1. The quantitative estimate of drug-likeness (QED) is 0.718. The van der Waals surface area contributed by atoms with Crippen LogP contribution in [-0.2, 0) is 4.79 Å². The number of hydrogen-bond acceptors (Lipinski definition) is 6. The van der Waals surface area contributed by atoms with Gasteiger partial charge in [0.2, 0.25) is 12.7 Å². The van der Waals surface area contributed by atoms with Crippen molar-refractivity contribution in [2.75, 3.05) is 6.79 Å². The summed E-state index contributed by atoms with van der Waals surface area (Å²) >= 11 is 0. The van der Waals surface area contributed by atoms with Gasteiger partial charge in [0.25, 0.3) is 5.91 Å². The van der Waals surface area contributed by atoms with Crippen molar-refractivity contribution >= 4 is 11.8 Å². The van der Waals surface area contributed by atoms with E-state index < -0.39 is 30.1 Å². The first-order chi connectivity index (χ1) is 11.0. The highest BCUT2D eigenvalue weighted by Crippen LogP contribution is 2.46. The minimum Gasteiger partial charge on any atom is -0.454 e. The Morgan fingerprint density at radius 3 is 2.61 bits per heavy atom. The number of amides is 2. The molecule has 0 aromatic heterocycles. The lowest BCUT2D eigenvalue weighted by atomic mass is 9.71. The Kier molecular flexibility index (Phi) is 3.11. The van der Waals surface area contributed by atoms with Gasteiger partial charge in [-0.05, 0) is 30.5 Å². The van der Waals surface area contributed by atoms with Crippen LogP contribution in [0.5, 0.6) is 11.5 Å². The number of fused-ring (bicyclic) bond motifs is 4. The summed E-state index contributed by atoms with van der Waals surface area (Å²) in [6, 6.07) is 2.79. The molecule has 0 saturated heterocycles. The summed E-state index contributed by atoms with van der Waals surface area (Å²) in [5.74, 6) is -0.318. The van der Waals surface area contributed by atoms with Crippen LogP contribution in [0.15, 0.2) is 12.1 Å². The number of carbonyl (C=O) groups excluding carboxylic acids is 2. The Bertz CT molecular complexity index is 702. The molecular weight excluding hydrogens is 302 g/mol. The van der Waals surface area contributed by atoms with Crippen LogP contribution < -0.4 is 9.47 Å². The zero-order valence-electron chi connectivity index (χ0n) is 12.6. The van der Waals surface area contributed by atoms with E-state index in [0.717, 1.165) is 0 Å². The lowest BCUT2D eigenvalue weighted by molar-refractivity contribution is -0.132. The molecule has 4 rings (SSSR count). The topological polar surface area (TPSA) is 96.3 Å². The van der Waals surface area contributed by atoms with Gasteiger partial charge in [-0.15, -0.1) is 0 Å². The monoisotopic (exact) mass is 319 g/mol. The summed E-state index contributed by atoms with van der Waals surface area (Å²) in [6.07, 6.45) is -1.11. The predicted molar refractivity (Wildman–Crippen MR) is 77.2 cm³/mol. The van der Waals surface area contributed by atoms with Crippen LogP contribution in [0.1, 0.15) is 41.6 Å². The predicted octanol–water partition coefficient (Wildman–Crippen LogP) is 0.385. The van der Waals surface area contributed by atoms with Gasteiger partial charge in [-0.1, -0.05) is 0 Å². The molecule has 1 aromatic carbocycles. The number of nitrogens with zero attached hydrogens (tertiary/aromatic N) is 1. The minimum absolute atomic E-state index is 0.0715. The number of aliphatic hydroxyl groups is 2. The minimum atomic E-state index is -1.04. The van der Waals surface area contributed by atoms with Crippen molar-refractivity contribution in [2.24, 2.45) is 0 Å². The molecule has 0 unspecified atom stereocenters. The van der Waals surface area contributed by atoms with Gasteiger partial charge in [0.05, 0.1) is 12.2 Å². The Morgan fingerprint density at radius 1 is 1.22 bits per heavy atom. The van der Waals surface area contributed by atoms with Gasteiger partial charge < -0.3 is 19.7 Å².